The summed E-state index contributed by atoms with van der Waals surface area (Å²) < 4.78 is 35.6. The number of sulfonamides is 1. The highest BCUT2D eigenvalue weighted by Gasteiger charge is 2.25. The quantitative estimate of drug-likeness (QED) is 0.617. The fraction of sp³-hybridized carbons (Fsp3) is 0.400. The summed E-state index contributed by atoms with van der Waals surface area (Å²) >= 11 is 0. The van der Waals surface area contributed by atoms with Crippen molar-refractivity contribution in [3.05, 3.63) is 30.6 Å². The van der Waals surface area contributed by atoms with Gasteiger partial charge in [-0.25, -0.2) is 17.7 Å². The molecule has 1 aliphatic heterocycles. The molecule has 0 unspecified atom stereocenters. The molecule has 0 amide bonds. The minimum atomic E-state index is -3.13. The van der Waals surface area contributed by atoms with Gasteiger partial charge in [0.15, 0.2) is 0 Å². The SMILES string of the molecule is COc1ccc(-c2c[nH]c3nc(NC4CCN(S(C)(=O)=O)CC4)ncc23)c(OC)c1. The Morgan fingerprint density at radius 3 is 2.60 bits per heavy atom. The molecule has 0 aliphatic carbocycles. The van der Waals surface area contributed by atoms with Gasteiger partial charge in [0.2, 0.25) is 16.0 Å². The number of piperidine rings is 1. The average molecular weight is 432 g/mol. The number of aromatic amines is 1. The number of nitrogens with zero attached hydrogens (tertiary/aromatic N) is 3. The third kappa shape index (κ3) is 4.05. The molecule has 4 rings (SSSR count). The lowest BCUT2D eigenvalue weighted by Crippen LogP contribution is -2.42. The Labute approximate surface area is 175 Å². The largest absolute Gasteiger partial charge is 0.497 e. The highest BCUT2D eigenvalue weighted by Crippen LogP contribution is 2.36. The third-order valence-corrected chi connectivity index (χ3v) is 6.69. The minimum absolute atomic E-state index is 0.136. The van der Waals surface area contributed by atoms with Crippen LogP contribution in [0.4, 0.5) is 5.95 Å². The van der Waals surface area contributed by atoms with Crippen molar-refractivity contribution in [3.8, 4) is 22.6 Å². The zero-order valence-corrected chi connectivity index (χ0v) is 18.0. The molecule has 1 aromatic carbocycles. The van der Waals surface area contributed by atoms with Crippen LogP contribution in [0.1, 0.15) is 12.8 Å². The molecule has 0 radical (unpaired) electrons. The predicted molar refractivity (Wildman–Crippen MR) is 115 cm³/mol. The van der Waals surface area contributed by atoms with Gasteiger partial charge in [0, 0.05) is 54.1 Å². The molecule has 0 bridgehead atoms. The average Bonchev–Trinajstić information content (AvgIpc) is 3.16. The molecule has 30 heavy (non-hydrogen) atoms. The van der Waals surface area contributed by atoms with E-state index in [0.717, 1.165) is 22.3 Å². The van der Waals surface area contributed by atoms with E-state index in [1.165, 1.54) is 10.6 Å². The zero-order chi connectivity index (χ0) is 21.3. The maximum atomic E-state index is 11.7. The van der Waals surface area contributed by atoms with Crippen LogP contribution in [0.25, 0.3) is 22.2 Å². The van der Waals surface area contributed by atoms with Crippen LogP contribution < -0.4 is 14.8 Å². The van der Waals surface area contributed by atoms with E-state index in [9.17, 15) is 8.42 Å². The molecule has 1 fully saturated rings. The molecule has 9 nitrogen and oxygen atoms in total. The Morgan fingerprint density at radius 1 is 1.17 bits per heavy atom. The van der Waals surface area contributed by atoms with Crippen molar-refractivity contribution in [1.29, 1.82) is 0 Å². The Kier molecular flexibility index (Phi) is 5.52. The normalized spacial score (nSPS) is 16.0. The van der Waals surface area contributed by atoms with E-state index >= 15 is 0 Å². The van der Waals surface area contributed by atoms with Crippen LogP contribution in [0.5, 0.6) is 11.5 Å². The molecule has 1 saturated heterocycles. The number of hydrogen-bond donors (Lipinski definition) is 2. The summed E-state index contributed by atoms with van der Waals surface area (Å²) in [4.78, 5) is 12.3. The van der Waals surface area contributed by atoms with Gasteiger partial charge < -0.3 is 19.8 Å². The van der Waals surface area contributed by atoms with E-state index in [1.54, 1.807) is 20.4 Å². The van der Waals surface area contributed by atoms with E-state index in [1.807, 2.05) is 24.4 Å². The Balaban J connectivity index is 1.54. The molecular formula is C20H25N5O4S. The summed E-state index contributed by atoms with van der Waals surface area (Å²) in [7, 11) is 0.111. The zero-order valence-electron chi connectivity index (χ0n) is 17.2. The fourth-order valence-electron chi connectivity index (χ4n) is 3.73. The van der Waals surface area contributed by atoms with Crippen LogP contribution in [0, 0.1) is 0 Å². The fourth-order valence-corrected chi connectivity index (χ4v) is 4.61. The number of nitrogens with one attached hydrogen (secondary N) is 2. The number of hydrogen-bond acceptors (Lipinski definition) is 7. The van der Waals surface area contributed by atoms with Gasteiger partial charge in [-0.3, -0.25) is 0 Å². The van der Waals surface area contributed by atoms with Crippen LogP contribution in [0.3, 0.4) is 0 Å². The van der Waals surface area contributed by atoms with Gasteiger partial charge in [-0.1, -0.05) is 0 Å². The highest BCUT2D eigenvalue weighted by molar-refractivity contribution is 7.88. The summed E-state index contributed by atoms with van der Waals surface area (Å²) in [5, 5.41) is 4.21. The minimum Gasteiger partial charge on any atom is -0.497 e. The van der Waals surface area contributed by atoms with E-state index in [0.29, 0.717) is 43.3 Å². The summed E-state index contributed by atoms with van der Waals surface area (Å²) in [6, 6.07) is 5.81. The van der Waals surface area contributed by atoms with Crippen molar-refractivity contribution < 1.29 is 17.9 Å². The first-order valence-corrected chi connectivity index (χ1v) is 11.5. The van der Waals surface area contributed by atoms with Crippen LogP contribution >= 0.6 is 0 Å². The summed E-state index contributed by atoms with van der Waals surface area (Å²) in [5.74, 6) is 1.95. The lowest BCUT2D eigenvalue weighted by molar-refractivity contribution is 0.331. The smallest absolute Gasteiger partial charge is 0.224 e. The Bertz CT molecular complexity index is 1150. The topological polar surface area (TPSA) is 109 Å². The molecule has 0 saturated carbocycles. The van der Waals surface area contributed by atoms with Crippen molar-refractivity contribution in [3.63, 3.8) is 0 Å². The number of rotatable bonds is 6. The van der Waals surface area contributed by atoms with E-state index in [4.69, 9.17) is 9.47 Å². The molecule has 0 spiro atoms. The summed E-state index contributed by atoms with van der Waals surface area (Å²) in [5.41, 5.74) is 2.58. The second-order valence-corrected chi connectivity index (χ2v) is 9.29. The molecule has 2 N–H and O–H groups in total. The van der Waals surface area contributed by atoms with Gasteiger partial charge in [0.25, 0.3) is 0 Å². The second kappa shape index (κ2) is 8.11. The van der Waals surface area contributed by atoms with E-state index < -0.39 is 10.0 Å². The molecule has 2 aromatic heterocycles. The Hall–Kier alpha value is -2.85. The molecule has 3 heterocycles. The number of anilines is 1. The van der Waals surface area contributed by atoms with Crippen LogP contribution in [0.2, 0.25) is 0 Å². The van der Waals surface area contributed by atoms with Gasteiger partial charge in [0.1, 0.15) is 17.1 Å². The lowest BCUT2D eigenvalue weighted by atomic mass is 10.1. The van der Waals surface area contributed by atoms with Crippen LogP contribution in [0.15, 0.2) is 30.6 Å². The Morgan fingerprint density at radius 2 is 1.93 bits per heavy atom. The molecule has 160 valence electrons. The number of aromatic nitrogens is 3. The van der Waals surface area contributed by atoms with Crippen molar-refractivity contribution in [2.75, 3.05) is 38.9 Å². The van der Waals surface area contributed by atoms with Crippen molar-refractivity contribution >= 4 is 27.0 Å². The first kappa shape index (κ1) is 20.4. The van der Waals surface area contributed by atoms with Gasteiger partial charge in [-0.05, 0) is 25.0 Å². The number of H-pyrrole nitrogens is 1. The van der Waals surface area contributed by atoms with Gasteiger partial charge in [-0.2, -0.15) is 4.98 Å². The maximum Gasteiger partial charge on any atom is 0.224 e. The van der Waals surface area contributed by atoms with Gasteiger partial charge in [0.05, 0.1) is 20.5 Å². The van der Waals surface area contributed by atoms with Crippen LogP contribution in [-0.2, 0) is 10.0 Å². The van der Waals surface area contributed by atoms with Crippen molar-refractivity contribution in [2.24, 2.45) is 0 Å². The van der Waals surface area contributed by atoms with Crippen LogP contribution in [-0.4, -0.2) is 67.3 Å². The third-order valence-electron chi connectivity index (χ3n) is 5.39. The van der Waals surface area contributed by atoms with Crippen molar-refractivity contribution in [2.45, 2.75) is 18.9 Å². The molecule has 3 aromatic rings. The summed E-state index contributed by atoms with van der Waals surface area (Å²) in [6.07, 6.45) is 6.35. The van der Waals surface area contributed by atoms with Gasteiger partial charge >= 0.3 is 0 Å². The molecule has 10 heteroatoms. The molecule has 1 aliphatic rings. The predicted octanol–water partition coefficient (Wildman–Crippen LogP) is 2.48. The number of methoxy groups -OCH3 is 2. The number of ether oxygens (including phenoxy) is 2. The second-order valence-electron chi connectivity index (χ2n) is 7.31. The number of benzene rings is 1. The first-order chi connectivity index (χ1) is 14.4. The van der Waals surface area contributed by atoms with Crippen molar-refractivity contribution in [1.82, 2.24) is 19.3 Å². The molecular weight excluding hydrogens is 406 g/mol. The lowest BCUT2D eigenvalue weighted by Gasteiger charge is -2.30. The van der Waals surface area contributed by atoms with E-state index in [-0.39, 0.29) is 6.04 Å². The van der Waals surface area contributed by atoms with Gasteiger partial charge in [-0.15, -0.1) is 0 Å². The molecule has 0 atom stereocenters. The first-order valence-electron chi connectivity index (χ1n) is 9.67. The number of fused-ring (bicyclic) bond motifs is 1. The highest BCUT2D eigenvalue weighted by atomic mass is 32.2. The summed E-state index contributed by atoms with van der Waals surface area (Å²) in [6.45, 7) is 1.01. The maximum absolute atomic E-state index is 11.7. The monoisotopic (exact) mass is 431 g/mol. The standard InChI is InChI=1S/C20H25N5O4S/c1-28-14-4-5-15(18(10-14)29-2)16-11-21-19-17(16)12-22-20(24-19)23-13-6-8-25(9-7-13)30(3,26)27/h4-5,10-13H,6-9H2,1-3H3,(H2,21,22,23,24). The van der Waals surface area contributed by atoms with E-state index in [2.05, 4.69) is 20.3 Å².